The third-order valence-corrected chi connectivity index (χ3v) is 2.53. The Morgan fingerprint density at radius 1 is 1.33 bits per heavy atom. The molecule has 1 aromatic rings. The maximum Gasteiger partial charge on any atom is 0.163 e. The van der Waals surface area contributed by atoms with Gasteiger partial charge >= 0.3 is 0 Å². The van der Waals surface area contributed by atoms with Crippen LogP contribution in [0.1, 0.15) is 49.0 Å². The number of carbonyl (C=O) groups is 1. The molecule has 0 aromatic heterocycles. The van der Waals surface area contributed by atoms with Crippen molar-refractivity contribution in [1.82, 2.24) is 0 Å². The van der Waals surface area contributed by atoms with Gasteiger partial charge in [-0.2, -0.15) is 0 Å². The van der Waals surface area contributed by atoms with Gasteiger partial charge in [0, 0.05) is 0 Å². The summed E-state index contributed by atoms with van der Waals surface area (Å²) in [5.74, 6) is 0.0519. The summed E-state index contributed by atoms with van der Waals surface area (Å²) in [4.78, 5) is 11.4. The number of phenolic OH excluding ortho intramolecular Hbond substituents is 1. The molecule has 0 bridgehead atoms. The van der Waals surface area contributed by atoms with Crippen molar-refractivity contribution in [1.29, 1.82) is 0 Å². The molecule has 0 atom stereocenters. The van der Waals surface area contributed by atoms with Crippen LogP contribution in [0.3, 0.4) is 0 Å². The van der Waals surface area contributed by atoms with E-state index in [9.17, 15) is 9.90 Å². The van der Waals surface area contributed by atoms with Gasteiger partial charge in [0.25, 0.3) is 0 Å². The smallest absolute Gasteiger partial charge is 0.163 e. The van der Waals surface area contributed by atoms with Crippen molar-refractivity contribution < 1.29 is 9.90 Å². The molecule has 0 fully saturated rings. The summed E-state index contributed by atoms with van der Waals surface area (Å²) >= 11 is 0. The maximum absolute atomic E-state index is 11.4. The maximum atomic E-state index is 11.4. The average Bonchev–Trinajstić information content (AvgIpc) is 2.17. The number of Topliss-reactive ketones (excluding diaryl/α,β-unsaturated/α-hetero) is 1. The zero-order valence-electron chi connectivity index (χ0n) is 9.42. The molecule has 0 radical (unpaired) electrons. The average molecular weight is 206 g/mol. The van der Waals surface area contributed by atoms with Crippen LogP contribution in [0.4, 0.5) is 0 Å². The lowest BCUT2D eigenvalue weighted by Gasteiger charge is -2.08. The minimum atomic E-state index is -0.0559. The Morgan fingerprint density at radius 3 is 2.67 bits per heavy atom. The molecule has 0 saturated heterocycles. The highest BCUT2D eigenvalue weighted by molar-refractivity contribution is 5.98. The lowest BCUT2D eigenvalue weighted by molar-refractivity contribution is 0.101. The molecule has 1 aromatic carbocycles. The summed E-state index contributed by atoms with van der Waals surface area (Å²) in [6.07, 6.45) is 4.26. The number of rotatable bonds is 5. The van der Waals surface area contributed by atoms with E-state index in [2.05, 4.69) is 6.92 Å². The third-order valence-electron chi connectivity index (χ3n) is 2.53. The molecule has 2 nitrogen and oxygen atoms in total. The molecule has 0 aliphatic carbocycles. The van der Waals surface area contributed by atoms with E-state index in [-0.39, 0.29) is 11.5 Å². The van der Waals surface area contributed by atoms with Gasteiger partial charge in [0.1, 0.15) is 5.75 Å². The second-order valence-electron chi connectivity index (χ2n) is 3.82. The van der Waals surface area contributed by atoms with Crippen molar-refractivity contribution in [3.8, 4) is 5.75 Å². The standard InChI is InChI=1S/C13H18O2/c1-3-4-5-7-11-8-6-9-12(15)13(11)10(2)14/h6,8-9,15H,3-5,7H2,1-2H3. The predicted octanol–water partition coefficient (Wildman–Crippen LogP) is 3.33. The SMILES string of the molecule is CCCCCc1cccc(O)c1C(C)=O. The Balaban J connectivity index is 2.86. The Bertz CT molecular complexity index is 342. The first-order chi connectivity index (χ1) is 7.16. The summed E-state index contributed by atoms with van der Waals surface area (Å²) < 4.78 is 0. The zero-order valence-corrected chi connectivity index (χ0v) is 9.42. The number of benzene rings is 1. The Hall–Kier alpha value is -1.31. The highest BCUT2D eigenvalue weighted by atomic mass is 16.3. The largest absolute Gasteiger partial charge is 0.507 e. The van der Waals surface area contributed by atoms with Crippen LogP contribution in [0, 0.1) is 0 Å². The van der Waals surface area contributed by atoms with Gasteiger partial charge in [0.2, 0.25) is 0 Å². The van der Waals surface area contributed by atoms with Crippen LogP contribution >= 0.6 is 0 Å². The van der Waals surface area contributed by atoms with E-state index >= 15 is 0 Å². The van der Waals surface area contributed by atoms with Crippen LogP contribution < -0.4 is 0 Å². The van der Waals surface area contributed by atoms with Gasteiger partial charge in [-0.25, -0.2) is 0 Å². The first kappa shape index (κ1) is 11.8. The van der Waals surface area contributed by atoms with Crippen LogP contribution in [-0.2, 0) is 6.42 Å². The fraction of sp³-hybridized carbons (Fsp3) is 0.462. The number of aromatic hydroxyl groups is 1. The number of aryl methyl sites for hydroxylation is 1. The summed E-state index contributed by atoms with van der Waals surface area (Å²) in [5, 5.41) is 9.60. The molecule has 0 heterocycles. The minimum Gasteiger partial charge on any atom is -0.507 e. The number of ketones is 1. The second kappa shape index (κ2) is 5.54. The highest BCUT2D eigenvalue weighted by Gasteiger charge is 2.11. The summed E-state index contributed by atoms with van der Waals surface area (Å²) in [5.41, 5.74) is 1.46. The van der Waals surface area contributed by atoms with Gasteiger partial charge in [-0.3, -0.25) is 4.79 Å². The Labute approximate surface area is 90.9 Å². The number of unbranched alkanes of at least 4 members (excludes halogenated alkanes) is 2. The molecule has 0 unspecified atom stereocenters. The van der Waals surface area contributed by atoms with Crippen molar-refractivity contribution in [3.63, 3.8) is 0 Å². The molecule has 0 aliphatic heterocycles. The molecule has 2 heteroatoms. The fourth-order valence-electron chi connectivity index (χ4n) is 1.77. The molecule has 0 saturated carbocycles. The summed E-state index contributed by atoms with van der Waals surface area (Å²) in [6.45, 7) is 3.65. The third kappa shape index (κ3) is 3.08. The van der Waals surface area contributed by atoms with Crippen molar-refractivity contribution in [2.45, 2.75) is 39.5 Å². The normalized spacial score (nSPS) is 10.3. The minimum absolute atomic E-state index is 0.0559. The van der Waals surface area contributed by atoms with Crippen molar-refractivity contribution in [3.05, 3.63) is 29.3 Å². The van der Waals surface area contributed by atoms with Gasteiger partial charge < -0.3 is 5.11 Å². The molecule has 1 rings (SSSR count). The molecular weight excluding hydrogens is 188 g/mol. The lowest BCUT2D eigenvalue weighted by Crippen LogP contribution is -2.00. The van der Waals surface area contributed by atoms with Gasteiger partial charge in [-0.1, -0.05) is 31.9 Å². The van der Waals surface area contributed by atoms with Gasteiger partial charge in [0.15, 0.2) is 5.78 Å². The number of phenols is 1. The quantitative estimate of drug-likeness (QED) is 0.592. The van der Waals surface area contributed by atoms with Crippen LogP contribution in [0.15, 0.2) is 18.2 Å². The molecule has 82 valence electrons. The topological polar surface area (TPSA) is 37.3 Å². The van der Waals surface area contributed by atoms with E-state index in [4.69, 9.17) is 0 Å². The molecule has 1 N–H and O–H groups in total. The van der Waals surface area contributed by atoms with Gasteiger partial charge in [-0.05, 0) is 31.4 Å². The van der Waals surface area contributed by atoms with Crippen molar-refractivity contribution >= 4 is 5.78 Å². The van der Waals surface area contributed by atoms with Crippen molar-refractivity contribution in [2.75, 3.05) is 0 Å². The summed E-state index contributed by atoms with van der Waals surface area (Å²) in [7, 11) is 0. The second-order valence-corrected chi connectivity index (χ2v) is 3.82. The van der Waals surface area contributed by atoms with Crippen LogP contribution in [0.2, 0.25) is 0 Å². The van der Waals surface area contributed by atoms with Gasteiger partial charge in [0.05, 0.1) is 5.56 Å². The predicted molar refractivity (Wildman–Crippen MR) is 61.3 cm³/mol. The lowest BCUT2D eigenvalue weighted by atomic mass is 9.98. The Morgan fingerprint density at radius 2 is 2.07 bits per heavy atom. The van der Waals surface area contributed by atoms with E-state index in [1.54, 1.807) is 12.1 Å². The molecule has 0 spiro atoms. The highest BCUT2D eigenvalue weighted by Crippen LogP contribution is 2.23. The van der Waals surface area contributed by atoms with E-state index in [0.717, 1.165) is 31.2 Å². The van der Waals surface area contributed by atoms with E-state index in [0.29, 0.717) is 5.56 Å². The first-order valence-corrected chi connectivity index (χ1v) is 5.48. The Kier molecular flexibility index (Phi) is 4.35. The number of hydrogen-bond donors (Lipinski definition) is 1. The van der Waals surface area contributed by atoms with E-state index in [1.807, 2.05) is 6.07 Å². The van der Waals surface area contributed by atoms with E-state index < -0.39 is 0 Å². The number of hydrogen-bond acceptors (Lipinski definition) is 2. The monoisotopic (exact) mass is 206 g/mol. The molecule has 15 heavy (non-hydrogen) atoms. The summed E-state index contributed by atoms with van der Waals surface area (Å²) in [6, 6.07) is 5.29. The van der Waals surface area contributed by atoms with Crippen LogP contribution in [-0.4, -0.2) is 10.9 Å². The first-order valence-electron chi connectivity index (χ1n) is 5.48. The van der Waals surface area contributed by atoms with Gasteiger partial charge in [-0.15, -0.1) is 0 Å². The molecular formula is C13H18O2. The van der Waals surface area contributed by atoms with E-state index in [1.165, 1.54) is 6.92 Å². The fourth-order valence-corrected chi connectivity index (χ4v) is 1.77. The molecule has 0 aliphatic rings. The number of carbonyl (C=O) groups excluding carboxylic acids is 1. The van der Waals surface area contributed by atoms with Crippen LogP contribution in [0.5, 0.6) is 5.75 Å². The van der Waals surface area contributed by atoms with Crippen LogP contribution in [0.25, 0.3) is 0 Å². The molecule has 0 amide bonds. The zero-order chi connectivity index (χ0) is 11.3. The van der Waals surface area contributed by atoms with Crippen molar-refractivity contribution in [2.24, 2.45) is 0 Å².